The molecule has 0 saturated heterocycles. The van der Waals surface area contributed by atoms with Gasteiger partial charge >= 0.3 is 5.97 Å². The number of esters is 1. The van der Waals surface area contributed by atoms with Crippen molar-refractivity contribution in [3.63, 3.8) is 0 Å². The Bertz CT molecular complexity index is 407. The molecule has 0 aliphatic carbocycles. The van der Waals surface area contributed by atoms with Crippen LogP contribution in [0.1, 0.15) is 38.2 Å². The number of rotatable bonds is 8. The van der Waals surface area contributed by atoms with Crippen LogP contribution in [-0.2, 0) is 16.0 Å². The van der Waals surface area contributed by atoms with Crippen molar-refractivity contribution < 1.29 is 14.6 Å². The van der Waals surface area contributed by atoms with E-state index in [-0.39, 0.29) is 5.97 Å². The first-order valence-electron chi connectivity index (χ1n) is 6.70. The van der Waals surface area contributed by atoms with Crippen molar-refractivity contribution in [2.75, 3.05) is 6.61 Å². The lowest BCUT2D eigenvalue weighted by molar-refractivity contribution is -0.139. The Morgan fingerprint density at radius 1 is 1.16 bits per heavy atom. The molecule has 0 aliphatic rings. The normalized spacial score (nSPS) is 10.2. The fourth-order valence-corrected chi connectivity index (χ4v) is 1.74. The summed E-state index contributed by atoms with van der Waals surface area (Å²) in [7, 11) is 0. The van der Waals surface area contributed by atoms with Crippen molar-refractivity contribution in [2.45, 2.75) is 39.0 Å². The van der Waals surface area contributed by atoms with Crippen LogP contribution < -0.4 is 0 Å². The summed E-state index contributed by atoms with van der Waals surface area (Å²) in [6, 6.07) is 7.33. The van der Waals surface area contributed by atoms with Crippen LogP contribution in [0.2, 0.25) is 0 Å². The zero-order valence-corrected chi connectivity index (χ0v) is 11.5. The highest BCUT2D eigenvalue weighted by Crippen LogP contribution is 2.12. The fraction of sp³-hybridized carbons (Fsp3) is 0.438. The molecule has 0 amide bonds. The van der Waals surface area contributed by atoms with Gasteiger partial charge in [0, 0.05) is 5.57 Å². The third-order valence-corrected chi connectivity index (χ3v) is 2.88. The van der Waals surface area contributed by atoms with Gasteiger partial charge in [-0.15, -0.1) is 0 Å². The Morgan fingerprint density at radius 2 is 1.79 bits per heavy atom. The molecular formula is C16H22O3. The van der Waals surface area contributed by atoms with E-state index in [0.717, 1.165) is 32.1 Å². The van der Waals surface area contributed by atoms with Crippen molar-refractivity contribution >= 4 is 5.97 Å². The zero-order chi connectivity index (χ0) is 14.1. The molecule has 1 aromatic rings. The lowest BCUT2D eigenvalue weighted by Gasteiger charge is -2.04. The molecule has 0 bridgehead atoms. The summed E-state index contributed by atoms with van der Waals surface area (Å²) in [4.78, 5) is 11.1. The van der Waals surface area contributed by atoms with Gasteiger partial charge in [-0.25, -0.2) is 4.79 Å². The van der Waals surface area contributed by atoms with Crippen LogP contribution in [0.5, 0.6) is 5.75 Å². The van der Waals surface area contributed by atoms with E-state index in [4.69, 9.17) is 9.84 Å². The molecule has 104 valence electrons. The van der Waals surface area contributed by atoms with Crippen molar-refractivity contribution in [1.82, 2.24) is 0 Å². The lowest BCUT2D eigenvalue weighted by Crippen LogP contribution is -2.06. The van der Waals surface area contributed by atoms with Crippen molar-refractivity contribution in [3.05, 3.63) is 42.0 Å². The molecule has 0 fully saturated rings. The number of carbonyl (C=O) groups is 1. The zero-order valence-electron chi connectivity index (χ0n) is 11.5. The predicted molar refractivity (Wildman–Crippen MR) is 76.1 cm³/mol. The molecule has 3 nitrogen and oxygen atoms in total. The molecule has 0 radical (unpaired) electrons. The van der Waals surface area contributed by atoms with Crippen LogP contribution in [0.25, 0.3) is 0 Å². The average molecular weight is 262 g/mol. The van der Waals surface area contributed by atoms with Gasteiger partial charge in [0.15, 0.2) is 0 Å². The summed E-state index contributed by atoms with van der Waals surface area (Å²) in [5.41, 5.74) is 1.69. The largest absolute Gasteiger partial charge is 0.508 e. The molecular weight excluding hydrogens is 240 g/mol. The smallest absolute Gasteiger partial charge is 0.333 e. The Kier molecular flexibility index (Phi) is 6.72. The number of phenolic OH excluding ortho intramolecular Hbond substituents is 1. The Hall–Kier alpha value is -1.77. The molecule has 0 aromatic heterocycles. The standard InChI is InChI=1S/C16H22O3/c1-13(2)16(18)19-12-6-4-3-5-7-14-8-10-15(17)11-9-14/h8-11,17H,1,3-7,12H2,2H3. The van der Waals surface area contributed by atoms with Crippen molar-refractivity contribution in [2.24, 2.45) is 0 Å². The third kappa shape index (κ3) is 6.65. The van der Waals surface area contributed by atoms with Gasteiger partial charge in [-0.2, -0.15) is 0 Å². The van der Waals surface area contributed by atoms with E-state index in [2.05, 4.69) is 6.58 Å². The number of phenols is 1. The molecule has 3 heteroatoms. The first-order valence-corrected chi connectivity index (χ1v) is 6.70. The number of aryl methyl sites for hydroxylation is 1. The van der Waals surface area contributed by atoms with Crippen molar-refractivity contribution in [1.29, 1.82) is 0 Å². The van der Waals surface area contributed by atoms with E-state index in [1.54, 1.807) is 19.1 Å². The quantitative estimate of drug-likeness (QED) is 0.442. The van der Waals surface area contributed by atoms with Crippen LogP contribution in [0.15, 0.2) is 36.4 Å². The summed E-state index contributed by atoms with van der Waals surface area (Å²) in [6.45, 7) is 5.66. The van der Waals surface area contributed by atoms with Gasteiger partial charge in [-0.3, -0.25) is 0 Å². The van der Waals surface area contributed by atoms with Gasteiger partial charge in [0.2, 0.25) is 0 Å². The Balaban J connectivity index is 2.01. The molecule has 1 aromatic carbocycles. The number of ether oxygens (including phenoxy) is 1. The fourth-order valence-electron chi connectivity index (χ4n) is 1.74. The van der Waals surface area contributed by atoms with Gasteiger partial charge in [0.25, 0.3) is 0 Å². The second-order valence-corrected chi connectivity index (χ2v) is 4.75. The van der Waals surface area contributed by atoms with E-state index in [1.165, 1.54) is 5.56 Å². The number of carbonyl (C=O) groups excluding carboxylic acids is 1. The lowest BCUT2D eigenvalue weighted by atomic mass is 10.1. The van der Waals surface area contributed by atoms with E-state index in [0.29, 0.717) is 17.9 Å². The second-order valence-electron chi connectivity index (χ2n) is 4.75. The minimum Gasteiger partial charge on any atom is -0.508 e. The van der Waals surface area contributed by atoms with Crippen LogP contribution >= 0.6 is 0 Å². The number of aromatic hydroxyl groups is 1. The van der Waals surface area contributed by atoms with Crippen LogP contribution in [0.3, 0.4) is 0 Å². The summed E-state index contributed by atoms with van der Waals surface area (Å²) >= 11 is 0. The highest BCUT2D eigenvalue weighted by Gasteiger charge is 2.01. The maximum atomic E-state index is 11.1. The molecule has 0 spiro atoms. The highest BCUT2D eigenvalue weighted by atomic mass is 16.5. The molecule has 0 unspecified atom stereocenters. The van der Waals surface area contributed by atoms with Crippen molar-refractivity contribution in [3.8, 4) is 5.75 Å². The number of unbranched alkanes of at least 4 members (excludes halogenated alkanes) is 3. The minimum absolute atomic E-state index is 0.302. The topological polar surface area (TPSA) is 46.5 Å². The number of benzene rings is 1. The van der Waals surface area contributed by atoms with Crippen LogP contribution in [0.4, 0.5) is 0 Å². The maximum absolute atomic E-state index is 11.1. The molecule has 1 rings (SSSR count). The Labute approximate surface area is 114 Å². The van der Waals surface area contributed by atoms with Crippen LogP contribution in [0, 0.1) is 0 Å². The Morgan fingerprint density at radius 3 is 2.42 bits per heavy atom. The maximum Gasteiger partial charge on any atom is 0.333 e. The third-order valence-electron chi connectivity index (χ3n) is 2.88. The van der Waals surface area contributed by atoms with Gasteiger partial charge in [0.05, 0.1) is 6.61 Å². The van der Waals surface area contributed by atoms with Crippen LogP contribution in [-0.4, -0.2) is 17.7 Å². The predicted octanol–water partition coefficient (Wildman–Crippen LogP) is 3.61. The SMILES string of the molecule is C=C(C)C(=O)OCCCCCCc1ccc(O)cc1. The minimum atomic E-state index is -0.302. The van der Waals surface area contributed by atoms with Gasteiger partial charge in [-0.1, -0.05) is 31.6 Å². The molecule has 0 atom stereocenters. The van der Waals surface area contributed by atoms with Gasteiger partial charge < -0.3 is 9.84 Å². The van der Waals surface area contributed by atoms with E-state index < -0.39 is 0 Å². The molecule has 0 aliphatic heterocycles. The first-order chi connectivity index (χ1) is 9.09. The van der Waals surface area contributed by atoms with Gasteiger partial charge in [-0.05, 0) is 43.9 Å². The average Bonchev–Trinajstić information content (AvgIpc) is 2.39. The summed E-state index contributed by atoms with van der Waals surface area (Å²) < 4.78 is 5.02. The van der Waals surface area contributed by atoms with Gasteiger partial charge in [0.1, 0.15) is 5.75 Å². The van der Waals surface area contributed by atoms with E-state index in [1.807, 2.05) is 12.1 Å². The number of hydrogen-bond donors (Lipinski definition) is 1. The monoisotopic (exact) mass is 262 g/mol. The highest BCUT2D eigenvalue weighted by molar-refractivity contribution is 5.86. The second kappa shape index (κ2) is 8.35. The van der Waals surface area contributed by atoms with E-state index in [9.17, 15) is 4.79 Å². The molecule has 0 saturated carbocycles. The summed E-state index contributed by atoms with van der Waals surface area (Å²) in [6.07, 6.45) is 5.20. The first kappa shape index (κ1) is 15.3. The molecule has 0 heterocycles. The summed E-state index contributed by atoms with van der Waals surface area (Å²) in [5, 5.41) is 9.16. The summed E-state index contributed by atoms with van der Waals surface area (Å²) in [5.74, 6) is 0.00664. The molecule has 1 N–H and O–H groups in total. The van der Waals surface area contributed by atoms with E-state index >= 15 is 0 Å². The number of hydrogen-bond acceptors (Lipinski definition) is 3. The molecule has 19 heavy (non-hydrogen) atoms.